The molecule has 0 atom stereocenters. The van der Waals surface area contributed by atoms with E-state index < -0.39 is 6.61 Å². The molecular formula is C18H18F2N2O4S. The Bertz CT molecular complexity index is 764. The van der Waals surface area contributed by atoms with Gasteiger partial charge in [0.15, 0.2) is 5.78 Å². The topological polar surface area (TPSA) is 84.5 Å². The number of rotatable bonds is 10. The monoisotopic (exact) mass is 396 g/mol. The molecule has 2 aromatic rings. The van der Waals surface area contributed by atoms with E-state index in [4.69, 9.17) is 0 Å². The number of hydrogen-bond acceptors (Lipinski definition) is 5. The number of hydrogen-bond donors (Lipinski definition) is 2. The van der Waals surface area contributed by atoms with Crippen molar-refractivity contribution in [2.75, 3.05) is 11.9 Å². The highest BCUT2D eigenvalue weighted by Gasteiger charge is 2.11. The van der Waals surface area contributed by atoms with Crippen molar-refractivity contribution < 1.29 is 27.9 Å². The van der Waals surface area contributed by atoms with E-state index in [0.717, 1.165) is 0 Å². The van der Waals surface area contributed by atoms with E-state index in [-0.39, 0.29) is 49.2 Å². The van der Waals surface area contributed by atoms with Gasteiger partial charge in [-0.3, -0.25) is 14.4 Å². The van der Waals surface area contributed by atoms with Crippen LogP contribution in [0.1, 0.15) is 28.9 Å². The third-order valence-electron chi connectivity index (χ3n) is 3.41. The highest BCUT2D eigenvalue weighted by Crippen LogP contribution is 2.17. The van der Waals surface area contributed by atoms with Crippen LogP contribution < -0.4 is 15.4 Å². The van der Waals surface area contributed by atoms with Crippen LogP contribution in [0, 0.1) is 0 Å². The second kappa shape index (κ2) is 10.4. The van der Waals surface area contributed by atoms with Gasteiger partial charge in [-0.05, 0) is 35.7 Å². The molecule has 0 saturated heterocycles. The maximum Gasteiger partial charge on any atom is 0.387 e. The lowest BCUT2D eigenvalue weighted by atomic mass is 10.2. The number of carbonyl (C=O) groups excluding carboxylic acids is 3. The van der Waals surface area contributed by atoms with E-state index in [9.17, 15) is 23.2 Å². The normalized spacial score (nSPS) is 10.5. The van der Waals surface area contributed by atoms with Gasteiger partial charge in [0, 0.05) is 31.5 Å². The lowest BCUT2D eigenvalue weighted by Gasteiger charge is -2.08. The summed E-state index contributed by atoms with van der Waals surface area (Å²) in [5.41, 5.74) is 0.425. The Labute approximate surface area is 158 Å². The summed E-state index contributed by atoms with van der Waals surface area (Å²) >= 11 is 1.33. The van der Waals surface area contributed by atoms with Gasteiger partial charge in [-0.1, -0.05) is 6.07 Å². The maximum atomic E-state index is 12.1. The number of Topliss-reactive ketones (excluding diaryl/α,β-unsaturated/α-hetero) is 1. The minimum absolute atomic E-state index is 0.00708. The Kier molecular flexibility index (Phi) is 7.87. The predicted molar refractivity (Wildman–Crippen MR) is 97.2 cm³/mol. The minimum Gasteiger partial charge on any atom is -0.435 e. The van der Waals surface area contributed by atoms with Crippen LogP contribution in [0.2, 0.25) is 0 Å². The minimum atomic E-state index is -2.91. The van der Waals surface area contributed by atoms with E-state index in [2.05, 4.69) is 15.4 Å². The van der Waals surface area contributed by atoms with Crippen LogP contribution in [0.3, 0.4) is 0 Å². The van der Waals surface area contributed by atoms with Gasteiger partial charge >= 0.3 is 6.61 Å². The fraction of sp³-hybridized carbons (Fsp3) is 0.278. The van der Waals surface area contributed by atoms with E-state index in [1.807, 2.05) is 0 Å². The molecule has 0 saturated carbocycles. The second-order valence-electron chi connectivity index (χ2n) is 5.45. The quantitative estimate of drug-likeness (QED) is 0.603. The van der Waals surface area contributed by atoms with Gasteiger partial charge in [-0.15, -0.1) is 11.3 Å². The molecule has 0 spiro atoms. The van der Waals surface area contributed by atoms with E-state index in [0.29, 0.717) is 10.6 Å². The second-order valence-corrected chi connectivity index (χ2v) is 6.40. The molecule has 9 heteroatoms. The zero-order valence-electron chi connectivity index (χ0n) is 14.2. The Hall–Kier alpha value is -2.81. The smallest absolute Gasteiger partial charge is 0.387 e. The van der Waals surface area contributed by atoms with Crippen LogP contribution in [0.4, 0.5) is 14.5 Å². The van der Waals surface area contributed by atoms with Crippen LogP contribution >= 0.6 is 11.3 Å². The number of halogens is 2. The molecule has 1 aromatic heterocycles. The van der Waals surface area contributed by atoms with Crippen LogP contribution in [-0.4, -0.2) is 30.8 Å². The lowest BCUT2D eigenvalue weighted by molar-refractivity contribution is -0.121. The molecule has 0 radical (unpaired) electrons. The molecule has 144 valence electrons. The van der Waals surface area contributed by atoms with E-state index in [1.54, 1.807) is 17.5 Å². The Morgan fingerprint density at radius 3 is 2.37 bits per heavy atom. The molecule has 0 aliphatic rings. The number of ether oxygens (including phenoxy) is 1. The largest absolute Gasteiger partial charge is 0.435 e. The molecule has 0 aliphatic heterocycles. The van der Waals surface area contributed by atoms with Crippen LogP contribution in [0.15, 0.2) is 41.8 Å². The summed E-state index contributed by atoms with van der Waals surface area (Å²) in [5.74, 6) is -0.738. The summed E-state index contributed by atoms with van der Waals surface area (Å²) in [6.45, 7) is -2.78. The van der Waals surface area contributed by atoms with Crippen molar-refractivity contribution >= 4 is 34.6 Å². The molecule has 0 unspecified atom stereocenters. The zero-order chi connectivity index (χ0) is 19.6. The highest BCUT2D eigenvalue weighted by molar-refractivity contribution is 7.12. The van der Waals surface area contributed by atoms with Crippen LogP contribution in [0.25, 0.3) is 0 Å². The standard InChI is InChI=1S/C18H18F2N2O4S/c19-18(20)26-13-5-3-12(4-6-13)22-17(25)9-10-21-16(24)8-7-14(23)15-2-1-11-27-15/h1-6,11,18H,7-10H2,(H,21,24)(H,22,25). The van der Waals surface area contributed by atoms with Crippen molar-refractivity contribution in [1.29, 1.82) is 0 Å². The van der Waals surface area contributed by atoms with Gasteiger partial charge in [0.25, 0.3) is 0 Å². The van der Waals surface area contributed by atoms with Gasteiger partial charge in [0.2, 0.25) is 11.8 Å². The van der Waals surface area contributed by atoms with Crippen molar-refractivity contribution in [2.24, 2.45) is 0 Å². The summed E-state index contributed by atoms with van der Waals surface area (Å²) in [5, 5.41) is 6.95. The molecule has 2 amide bonds. The first kappa shape index (κ1) is 20.5. The number of thiophene rings is 1. The molecule has 6 nitrogen and oxygen atoms in total. The number of benzene rings is 1. The number of anilines is 1. The van der Waals surface area contributed by atoms with Gasteiger partial charge in [-0.25, -0.2) is 0 Å². The van der Waals surface area contributed by atoms with Gasteiger partial charge < -0.3 is 15.4 Å². The third kappa shape index (κ3) is 7.53. The Morgan fingerprint density at radius 1 is 1.00 bits per heavy atom. The average molecular weight is 396 g/mol. The van der Waals surface area contributed by atoms with Crippen molar-refractivity contribution in [3.05, 3.63) is 46.7 Å². The molecule has 27 heavy (non-hydrogen) atoms. The Balaban J connectivity index is 1.63. The van der Waals surface area contributed by atoms with Crippen molar-refractivity contribution in [3.63, 3.8) is 0 Å². The maximum absolute atomic E-state index is 12.1. The third-order valence-corrected chi connectivity index (χ3v) is 4.32. The molecule has 1 aromatic carbocycles. The molecular weight excluding hydrogens is 378 g/mol. The highest BCUT2D eigenvalue weighted by atomic mass is 32.1. The summed E-state index contributed by atoms with van der Waals surface area (Å²) in [4.78, 5) is 35.9. The summed E-state index contributed by atoms with van der Waals surface area (Å²) in [6, 6.07) is 8.98. The lowest BCUT2D eigenvalue weighted by Crippen LogP contribution is -2.27. The fourth-order valence-corrected chi connectivity index (χ4v) is 2.83. The number of ketones is 1. The number of nitrogens with one attached hydrogen (secondary N) is 2. The SMILES string of the molecule is O=C(CCC(=O)c1cccs1)NCCC(=O)Nc1ccc(OC(F)F)cc1. The molecule has 0 bridgehead atoms. The van der Waals surface area contributed by atoms with E-state index >= 15 is 0 Å². The summed E-state index contributed by atoms with van der Waals surface area (Å²) in [7, 11) is 0. The number of alkyl halides is 2. The van der Waals surface area contributed by atoms with Gasteiger partial charge in [0.05, 0.1) is 4.88 Å². The van der Waals surface area contributed by atoms with Crippen molar-refractivity contribution in [2.45, 2.75) is 25.9 Å². The van der Waals surface area contributed by atoms with E-state index in [1.165, 1.54) is 35.6 Å². The first-order valence-electron chi connectivity index (χ1n) is 8.12. The van der Waals surface area contributed by atoms with Crippen molar-refractivity contribution in [3.8, 4) is 5.75 Å². The summed E-state index contributed by atoms with van der Waals surface area (Å²) in [6.07, 6.45) is 0.218. The molecule has 2 N–H and O–H groups in total. The first-order chi connectivity index (χ1) is 12.9. The van der Waals surface area contributed by atoms with Gasteiger partial charge in [-0.2, -0.15) is 8.78 Å². The summed E-state index contributed by atoms with van der Waals surface area (Å²) < 4.78 is 28.3. The molecule has 2 rings (SSSR count). The van der Waals surface area contributed by atoms with Crippen LogP contribution in [-0.2, 0) is 9.59 Å². The molecule has 0 aliphatic carbocycles. The van der Waals surface area contributed by atoms with Crippen LogP contribution in [0.5, 0.6) is 5.75 Å². The average Bonchev–Trinajstić information content (AvgIpc) is 3.15. The Morgan fingerprint density at radius 2 is 1.74 bits per heavy atom. The van der Waals surface area contributed by atoms with Crippen molar-refractivity contribution in [1.82, 2.24) is 5.32 Å². The number of carbonyl (C=O) groups is 3. The number of amides is 2. The molecule has 1 heterocycles. The fourth-order valence-electron chi connectivity index (χ4n) is 2.13. The van der Waals surface area contributed by atoms with Gasteiger partial charge in [0.1, 0.15) is 5.75 Å². The predicted octanol–water partition coefficient (Wildman–Crippen LogP) is 3.46. The zero-order valence-corrected chi connectivity index (χ0v) is 15.1. The first-order valence-corrected chi connectivity index (χ1v) is 9.00. The molecule has 0 fully saturated rings.